The van der Waals surface area contributed by atoms with Gasteiger partial charge in [-0.15, -0.1) is 10.2 Å². The molecule has 3 rings (SSSR count). The Hall–Kier alpha value is -2.58. The van der Waals surface area contributed by atoms with Crippen molar-refractivity contribution >= 4 is 44.2 Å². The van der Waals surface area contributed by atoms with Crippen molar-refractivity contribution in [3.63, 3.8) is 0 Å². The standard InChI is InChI=1S/C26H31BrN4O2S/c1-17(16-26(2,3)4)13-22(32)28-21(14-18-9-6-5-7-10-18)23(33)29-25-31-30-24(34-25)19-11-8-12-20(27)15-19/h5-12,15,17,21H,13-14,16H2,1-4H3,(H,28,32)(H,29,31,33)/t17-,21-/m1/s1. The molecular weight excluding hydrogens is 512 g/mol. The van der Waals surface area contributed by atoms with Gasteiger partial charge in [-0.25, -0.2) is 0 Å². The Morgan fingerprint density at radius 2 is 1.79 bits per heavy atom. The van der Waals surface area contributed by atoms with E-state index in [1.165, 1.54) is 11.3 Å². The molecule has 0 unspecified atom stereocenters. The van der Waals surface area contributed by atoms with Gasteiger partial charge in [-0.2, -0.15) is 0 Å². The van der Waals surface area contributed by atoms with Crippen LogP contribution in [0.5, 0.6) is 0 Å². The second-order valence-electron chi connectivity index (χ2n) is 9.80. The fourth-order valence-corrected chi connectivity index (χ4v) is 5.09. The molecule has 0 saturated carbocycles. The zero-order valence-electron chi connectivity index (χ0n) is 20.0. The summed E-state index contributed by atoms with van der Waals surface area (Å²) in [7, 11) is 0. The summed E-state index contributed by atoms with van der Waals surface area (Å²) in [6.07, 6.45) is 1.70. The first-order chi connectivity index (χ1) is 16.1. The number of hydrogen-bond donors (Lipinski definition) is 2. The summed E-state index contributed by atoms with van der Waals surface area (Å²) in [6, 6.07) is 16.7. The van der Waals surface area contributed by atoms with Gasteiger partial charge < -0.3 is 5.32 Å². The Bertz CT molecular complexity index is 1110. The Balaban J connectivity index is 1.70. The van der Waals surface area contributed by atoms with Gasteiger partial charge in [0.05, 0.1) is 0 Å². The fourth-order valence-electron chi connectivity index (χ4n) is 3.95. The van der Waals surface area contributed by atoms with Crippen LogP contribution in [0.15, 0.2) is 59.1 Å². The van der Waals surface area contributed by atoms with Crippen LogP contribution in [-0.2, 0) is 16.0 Å². The smallest absolute Gasteiger partial charge is 0.249 e. The molecule has 0 saturated heterocycles. The van der Waals surface area contributed by atoms with E-state index >= 15 is 0 Å². The zero-order valence-corrected chi connectivity index (χ0v) is 22.4. The van der Waals surface area contributed by atoms with Crippen LogP contribution in [0.4, 0.5) is 5.13 Å². The number of carbonyl (C=O) groups is 2. The van der Waals surface area contributed by atoms with E-state index in [4.69, 9.17) is 0 Å². The van der Waals surface area contributed by atoms with E-state index in [-0.39, 0.29) is 23.1 Å². The van der Waals surface area contributed by atoms with Gasteiger partial charge in [0.15, 0.2) is 0 Å². The number of carbonyl (C=O) groups excluding carboxylic acids is 2. The summed E-state index contributed by atoms with van der Waals surface area (Å²) in [5.74, 6) is -0.214. The second-order valence-corrected chi connectivity index (χ2v) is 11.7. The average molecular weight is 544 g/mol. The van der Waals surface area contributed by atoms with E-state index in [0.29, 0.717) is 23.0 Å². The third kappa shape index (κ3) is 8.33. The van der Waals surface area contributed by atoms with Crippen LogP contribution >= 0.6 is 27.3 Å². The van der Waals surface area contributed by atoms with Crippen LogP contribution in [0, 0.1) is 11.3 Å². The number of rotatable bonds is 9. The fraction of sp³-hybridized carbons (Fsp3) is 0.385. The topological polar surface area (TPSA) is 84.0 Å². The maximum atomic E-state index is 13.2. The zero-order chi connectivity index (χ0) is 24.7. The highest BCUT2D eigenvalue weighted by Crippen LogP contribution is 2.28. The highest BCUT2D eigenvalue weighted by atomic mass is 79.9. The van der Waals surface area contributed by atoms with Crippen LogP contribution in [0.25, 0.3) is 10.6 Å². The maximum Gasteiger partial charge on any atom is 0.249 e. The minimum Gasteiger partial charge on any atom is -0.344 e. The second kappa shape index (κ2) is 11.7. The molecule has 1 aromatic heterocycles. The summed E-state index contributed by atoms with van der Waals surface area (Å²) < 4.78 is 0.942. The van der Waals surface area contributed by atoms with E-state index in [0.717, 1.165) is 22.0 Å². The van der Waals surface area contributed by atoms with Crippen LogP contribution in [0.1, 0.15) is 46.1 Å². The van der Waals surface area contributed by atoms with Crippen LogP contribution < -0.4 is 10.6 Å². The molecule has 6 nitrogen and oxygen atoms in total. The summed E-state index contributed by atoms with van der Waals surface area (Å²) in [6.45, 7) is 8.56. The molecule has 34 heavy (non-hydrogen) atoms. The van der Waals surface area contributed by atoms with Gasteiger partial charge in [0.1, 0.15) is 11.0 Å². The molecule has 0 fully saturated rings. The van der Waals surface area contributed by atoms with Gasteiger partial charge in [-0.3, -0.25) is 14.9 Å². The lowest BCUT2D eigenvalue weighted by molar-refractivity contribution is -0.127. The number of nitrogens with one attached hydrogen (secondary N) is 2. The molecule has 0 aliphatic rings. The van der Waals surface area contributed by atoms with Crippen molar-refractivity contribution in [3.05, 3.63) is 64.6 Å². The Morgan fingerprint density at radius 1 is 1.06 bits per heavy atom. The first-order valence-electron chi connectivity index (χ1n) is 11.3. The highest BCUT2D eigenvalue weighted by molar-refractivity contribution is 9.10. The number of halogens is 1. The first-order valence-corrected chi connectivity index (χ1v) is 12.9. The van der Waals surface area contributed by atoms with E-state index < -0.39 is 6.04 Å². The third-order valence-corrected chi connectivity index (χ3v) is 6.54. The lowest BCUT2D eigenvalue weighted by Crippen LogP contribution is -2.45. The number of anilines is 1. The lowest BCUT2D eigenvalue weighted by Gasteiger charge is -2.24. The molecule has 2 amide bonds. The quantitative estimate of drug-likeness (QED) is 0.342. The molecule has 0 aliphatic carbocycles. The maximum absolute atomic E-state index is 13.2. The van der Waals surface area contributed by atoms with Crippen molar-refractivity contribution in [1.82, 2.24) is 15.5 Å². The monoisotopic (exact) mass is 542 g/mol. The number of benzene rings is 2. The molecule has 3 aromatic rings. The SMILES string of the molecule is C[C@H](CC(=O)N[C@H](Cc1ccccc1)C(=O)Nc1nnc(-c2cccc(Br)c2)s1)CC(C)(C)C. The molecule has 0 radical (unpaired) electrons. The van der Waals surface area contributed by atoms with Crippen LogP contribution in [0.2, 0.25) is 0 Å². The van der Waals surface area contributed by atoms with Crippen molar-refractivity contribution in [2.24, 2.45) is 11.3 Å². The highest BCUT2D eigenvalue weighted by Gasteiger charge is 2.25. The van der Waals surface area contributed by atoms with Gasteiger partial charge in [0.25, 0.3) is 0 Å². The Labute approximate surface area is 213 Å². The van der Waals surface area contributed by atoms with Crippen LogP contribution in [-0.4, -0.2) is 28.1 Å². The van der Waals surface area contributed by atoms with Crippen molar-refractivity contribution in [2.75, 3.05) is 5.32 Å². The number of aromatic nitrogens is 2. The van der Waals surface area contributed by atoms with Gasteiger partial charge in [-0.1, -0.05) is 97.4 Å². The molecule has 2 aromatic carbocycles. The summed E-state index contributed by atoms with van der Waals surface area (Å²) in [4.78, 5) is 26.0. The van der Waals surface area contributed by atoms with E-state index in [2.05, 4.69) is 64.5 Å². The third-order valence-electron chi connectivity index (χ3n) is 5.16. The largest absolute Gasteiger partial charge is 0.344 e. The van der Waals surface area contributed by atoms with E-state index in [1.807, 2.05) is 54.6 Å². The van der Waals surface area contributed by atoms with Crippen molar-refractivity contribution < 1.29 is 9.59 Å². The van der Waals surface area contributed by atoms with Crippen molar-refractivity contribution in [2.45, 2.75) is 53.0 Å². The molecule has 0 aliphatic heterocycles. The normalized spacial score (nSPS) is 13.2. The number of nitrogens with zero attached hydrogens (tertiary/aromatic N) is 2. The van der Waals surface area contributed by atoms with Gasteiger partial charge in [0, 0.05) is 22.9 Å². The average Bonchev–Trinajstić information content (AvgIpc) is 3.21. The van der Waals surface area contributed by atoms with Gasteiger partial charge in [0.2, 0.25) is 16.9 Å². The van der Waals surface area contributed by atoms with E-state index in [9.17, 15) is 9.59 Å². The van der Waals surface area contributed by atoms with Gasteiger partial charge in [-0.05, 0) is 35.4 Å². The molecule has 8 heteroatoms. The molecule has 2 atom stereocenters. The van der Waals surface area contributed by atoms with E-state index in [1.54, 1.807) is 0 Å². The molecule has 180 valence electrons. The Morgan fingerprint density at radius 3 is 2.47 bits per heavy atom. The molecule has 0 spiro atoms. The number of hydrogen-bond acceptors (Lipinski definition) is 5. The summed E-state index contributed by atoms with van der Waals surface area (Å²) >= 11 is 4.75. The molecule has 2 N–H and O–H groups in total. The lowest BCUT2D eigenvalue weighted by atomic mass is 9.84. The summed E-state index contributed by atoms with van der Waals surface area (Å²) in [5, 5.41) is 15.2. The van der Waals surface area contributed by atoms with Crippen molar-refractivity contribution in [3.8, 4) is 10.6 Å². The molecule has 0 bridgehead atoms. The summed E-state index contributed by atoms with van der Waals surface area (Å²) in [5.41, 5.74) is 2.02. The minimum atomic E-state index is -0.713. The predicted molar refractivity (Wildman–Crippen MR) is 142 cm³/mol. The molecule has 1 heterocycles. The van der Waals surface area contributed by atoms with Crippen LogP contribution in [0.3, 0.4) is 0 Å². The Kier molecular flexibility index (Phi) is 8.97. The first kappa shape index (κ1) is 26.0. The number of amides is 2. The van der Waals surface area contributed by atoms with Gasteiger partial charge >= 0.3 is 0 Å². The van der Waals surface area contributed by atoms with Crippen molar-refractivity contribution in [1.29, 1.82) is 0 Å². The minimum absolute atomic E-state index is 0.125. The molecular formula is C26H31BrN4O2S. The predicted octanol–water partition coefficient (Wildman–Crippen LogP) is 6.10.